The maximum Gasteiger partial charge on any atom is 0.247 e. The van der Waals surface area contributed by atoms with Crippen LogP contribution < -0.4 is 14.8 Å². The van der Waals surface area contributed by atoms with E-state index >= 15 is 0 Å². The summed E-state index contributed by atoms with van der Waals surface area (Å²) in [7, 11) is 2.99. The van der Waals surface area contributed by atoms with Crippen LogP contribution in [0.3, 0.4) is 0 Å². The highest BCUT2D eigenvalue weighted by molar-refractivity contribution is 5.96. The van der Waals surface area contributed by atoms with Crippen LogP contribution in [0.4, 0.5) is 0 Å². The zero-order valence-corrected chi connectivity index (χ0v) is 22.4. The van der Waals surface area contributed by atoms with Crippen molar-refractivity contribution in [3.8, 4) is 11.5 Å². The lowest BCUT2D eigenvalue weighted by molar-refractivity contribution is -0.139. The van der Waals surface area contributed by atoms with Crippen LogP contribution in [0.15, 0.2) is 48.0 Å². The molecule has 4 rings (SSSR count). The van der Waals surface area contributed by atoms with Crippen molar-refractivity contribution in [3.63, 3.8) is 0 Å². The fourth-order valence-corrected chi connectivity index (χ4v) is 5.20. The van der Waals surface area contributed by atoms with Crippen molar-refractivity contribution in [3.05, 3.63) is 70.3 Å². The Morgan fingerprint density at radius 3 is 2.49 bits per heavy atom. The summed E-state index contributed by atoms with van der Waals surface area (Å²) in [5.41, 5.74) is 3.41. The average molecular weight is 541 g/mol. The van der Waals surface area contributed by atoms with E-state index in [4.69, 9.17) is 14.2 Å². The monoisotopic (exact) mass is 540 g/mol. The number of nitrogens with one attached hydrogen (secondary N) is 1. The largest absolute Gasteiger partial charge is 0.493 e. The van der Waals surface area contributed by atoms with Gasteiger partial charge in [-0.3, -0.25) is 9.59 Å². The van der Waals surface area contributed by atoms with E-state index in [0.29, 0.717) is 28.2 Å². The smallest absolute Gasteiger partial charge is 0.247 e. The third-order valence-corrected chi connectivity index (χ3v) is 7.17. The predicted octanol–water partition coefficient (Wildman–Crippen LogP) is 1.18. The molecule has 0 aromatic heterocycles. The molecule has 4 atom stereocenters. The molecule has 4 N–H and O–H groups in total. The van der Waals surface area contributed by atoms with Crippen LogP contribution in [0.5, 0.6) is 11.5 Å². The van der Waals surface area contributed by atoms with Gasteiger partial charge in [0.2, 0.25) is 11.8 Å². The number of aliphatic hydroxyl groups is 3. The van der Waals surface area contributed by atoms with Gasteiger partial charge in [0.25, 0.3) is 0 Å². The predicted molar refractivity (Wildman–Crippen MR) is 142 cm³/mol. The first-order valence-electron chi connectivity index (χ1n) is 12.9. The number of aryl methyl sites for hydroxylation is 1. The second kappa shape index (κ2) is 12.6. The van der Waals surface area contributed by atoms with Crippen LogP contribution in [0, 0.1) is 6.92 Å². The first kappa shape index (κ1) is 28.6. The van der Waals surface area contributed by atoms with Crippen molar-refractivity contribution in [2.24, 2.45) is 0 Å². The van der Waals surface area contributed by atoms with Crippen molar-refractivity contribution in [2.45, 2.75) is 50.7 Å². The molecule has 39 heavy (non-hydrogen) atoms. The van der Waals surface area contributed by atoms with Crippen LogP contribution in [-0.4, -0.2) is 84.3 Å². The van der Waals surface area contributed by atoms with Gasteiger partial charge in [-0.2, -0.15) is 0 Å². The van der Waals surface area contributed by atoms with Gasteiger partial charge in [-0.1, -0.05) is 29.8 Å². The Bertz CT molecular complexity index is 1210. The van der Waals surface area contributed by atoms with Gasteiger partial charge in [0, 0.05) is 31.3 Å². The van der Waals surface area contributed by atoms with Gasteiger partial charge in [-0.05, 0) is 36.3 Å². The minimum atomic E-state index is -1.18. The topological polar surface area (TPSA) is 138 Å². The second-order valence-electron chi connectivity index (χ2n) is 9.77. The fraction of sp³-hybridized carbons (Fsp3) is 0.448. The quantitative estimate of drug-likeness (QED) is 0.334. The number of carbonyl (C=O) groups excluding carboxylic acids is 2. The summed E-state index contributed by atoms with van der Waals surface area (Å²) in [6.45, 7) is 1.92. The number of rotatable bonds is 11. The molecule has 0 saturated heterocycles. The van der Waals surface area contributed by atoms with Crippen molar-refractivity contribution >= 4 is 11.8 Å². The summed E-state index contributed by atoms with van der Waals surface area (Å²) in [5.74, 6) is -0.624. The number of nitrogens with zero attached hydrogens (tertiary/aromatic N) is 1. The fourth-order valence-electron chi connectivity index (χ4n) is 5.20. The molecule has 210 valence electrons. The number of ether oxygens (including phenoxy) is 3. The first-order chi connectivity index (χ1) is 18.8. The van der Waals surface area contributed by atoms with E-state index in [2.05, 4.69) is 5.32 Å². The molecule has 2 amide bonds. The molecule has 1 aliphatic heterocycles. The average Bonchev–Trinajstić information content (AvgIpc) is 3.34. The van der Waals surface area contributed by atoms with Gasteiger partial charge in [0.15, 0.2) is 11.5 Å². The number of fused-ring (bicyclic) bond motifs is 3. The maximum atomic E-state index is 13.4. The number of hydrogen-bond acceptors (Lipinski definition) is 8. The van der Waals surface area contributed by atoms with Crippen molar-refractivity contribution in [1.29, 1.82) is 0 Å². The molecule has 0 saturated carbocycles. The standard InChI is InChI=1S/C29H36N2O8/c1-17-4-6-18(7-5-17)15-31(24(34)8-11-37-2)22-14-21(29(36)30-9-10-32)25-20-12-19(16-33)13-23(38-3)27(20)39-28(25)26(22)35/h4-7,12-14,22,25-26,28,32-33,35H,8-11,15-16H2,1-3H3,(H,30,36)/t22-,25+,26+,28+/m1/s1. The molecule has 1 heterocycles. The summed E-state index contributed by atoms with van der Waals surface area (Å²) in [6.07, 6.45) is -0.373. The van der Waals surface area contributed by atoms with E-state index in [1.807, 2.05) is 31.2 Å². The highest BCUT2D eigenvalue weighted by atomic mass is 16.5. The first-order valence-corrected chi connectivity index (χ1v) is 12.9. The van der Waals surface area contributed by atoms with E-state index in [0.717, 1.165) is 11.1 Å². The van der Waals surface area contributed by atoms with Crippen LogP contribution in [0.2, 0.25) is 0 Å². The van der Waals surface area contributed by atoms with E-state index in [1.165, 1.54) is 14.2 Å². The van der Waals surface area contributed by atoms with Crippen LogP contribution in [-0.2, 0) is 27.5 Å². The Morgan fingerprint density at radius 2 is 1.85 bits per heavy atom. The Hall–Kier alpha value is -3.44. The molecular weight excluding hydrogens is 504 g/mol. The van der Waals surface area contributed by atoms with Crippen molar-refractivity contribution in [1.82, 2.24) is 10.2 Å². The third kappa shape index (κ3) is 5.94. The van der Waals surface area contributed by atoms with Gasteiger partial charge in [0.1, 0.15) is 12.2 Å². The van der Waals surface area contributed by atoms with E-state index in [1.54, 1.807) is 23.1 Å². The molecule has 2 aromatic rings. The van der Waals surface area contributed by atoms with Crippen LogP contribution in [0.1, 0.15) is 34.6 Å². The Morgan fingerprint density at radius 1 is 1.10 bits per heavy atom. The van der Waals surface area contributed by atoms with Gasteiger partial charge in [-0.15, -0.1) is 0 Å². The summed E-state index contributed by atoms with van der Waals surface area (Å²) in [6, 6.07) is 10.2. The van der Waals surface area contributed by atoms with Gasteiger partial charge in [0.05, 0.1) is 45.3 Å². The summed E-state index contributed by atoms with van der Waals surface area (Å²) in [4.78, 5) is 28.4. The highest BCUT2D eigenvalue weighted by Gasteiger charge is 2.51. The molecule has 2 aliphatic rings. The van der Waals surface area contributed by atoms with E-state index in [9.17, 15) is 24.9 Å². The van der Waals surface area contributed by atoms with Gasteiger partial charge < -0.3 is 39.7 Å². The molecule has 0 fully saturated rings. The lowest BCUT2D eigenvalue weighted by Crippen LogP contribution is -2.55. The minimum absolute atomic E-state index is 0.0361. The molecule has 0 unspecified atom stereocenters. The number of hydrogen-bond donors (Lipinski definition) is 4. The summed E-state index contributed by atoms with van der Waals surface area (Å²) < 4.78 is 16.9. The van der Waals surface area contributed by atoms with E-state index < -0.39 is 30.1 Å². The van der Waals surface area contributed by atoms with E-state index in [-0.39, 0.29) is 45.2 Å². The molecule has 10 nitrogen and oxygen atoms in total. The zero-order valence-electron chi connectivity index (χ0n) is 22.4. The van der Waals surface area contributed by atoms with Crippen molar-refractivity contribution in [2.75, 3.05) is 34.0 Å². The third-order valence-electron chi connectivity index (χ3n) is 7.17. The number of benzene rings is 2. The van der Waals surface area contributed by atoms with Crippen molar-refractivity contribution < 1.29 is 39.1 Å². The normalized spacial score (nSPS) is 21.3. The lowest BCUT2D eigenvalue weighted by Gasteiger charge is -2.40. The molecule has 1 aliphatic carbocycles. The number of methoxy groups -OCH3 is 2. The van der Waals surface area contributed by atoms with Crippen LogP contribution in [0.25, 0.3) is 0 Å². The second-order valence-corrected chi connectivity index (χ2v) is 9.77. The van der Waals surface area contributed by atoms with Gasteiger partial charge >= 0.3 is 0 Å². The molecule has 0 radical (unpaired) electrons. The Kier molecular flexibility index (Phi) is 9.24. The SMILES string of the molecule is COCCC(=O)N(Cc1ccc(C)cc1)[C@@H]1C=C(C(=O)NCCO)[C@@H]2c3cc(CO)cc(OC)c3O[C@@H]2[C@H]1O. The maximum absolute atomic E-state index is 13.4. The summed E-state index contributed by atoms with van der Waals surface area (Å²) >= 11 is 0. The molecular formula is C29H36N2O8. The zero-order chi connectivity index (χ0) is 28.1. The molecule has 0 bridgehead atoms. The Balaban J connectivity index is 1.80. The minimum Gasteiger partial charge on any atom is -0.493 e. The molecule has 10 heteroatoms. The lowest BCUT2D eigenvalue weighted by atomic mass is 9.77. The van der Waals surface area contributed by atoms with Gasteiger partial charge in [-0.25, -0.2) is 0 Å². The molecule has 2 aromatic carbocycles. The molecule has 0 spiro atoms. The highest BCUT2D eigenvalue weighted by Crippen LogP contribution is 2.51. The van der Waals surface area contributed by atoms with Crippen LogP contribution >= 0.6 is 0 Å². The number of carbonyl (C=O) groups is 2. The number of aliphatic hydroxyl groups excluding tert-OH is 3. The Labute approximate surface area is 227 Å². The summed E-state index contributed by atoms with van der Waals surface area (Å²) in [5, 5.41) is 33.5. The number of amides is 2.